The summed E-state index contributed by atoms with van der Waals surface area (Å²) in [4.78, 5) is 12.6. The van der Waals surface area contributed by atoms with Crippen molar-refractivity contribution in [3.8, 4) is 0 Å². The van der Waals surface area contributed by atoms with Crippen molar-refractivity contribution in [2.45, 2.75) is 126 Å². The highest BCUT2D eigenvalue weighted by Gasteiger charge is 2.92. The molecule has 3 N–H and O–H groups in total. The van der Waals surface area contributed by atoms with Crippen LogP contribution in [0.25, 0.3) is 0 Å². The predicted octanol–water partition coefficient (Wildman–Crippen LogP) is 8.77. The lowest BCUT2D eigenvalue weighted by Gasteiger charge is -2.44. The van der Waals surface area contributed by atoms with Crippen molar-refractivity contribution in [2.75, 3.05) is 0 Å². The molecular weight excluding hydrogens is 719 g/mol. The van der Waals surface area contributed by atoms with Gasteiger partial charge < -0.3 is 15.3 Å². The Labute approximate surface area is 285 Å². The van der Waals surface area contributed by atoms with E-state index >= 15 is 0 Å². The van der Waals surface area contributed by atoms with Gasteiger partial charge >= 0.3 is 35.8 Å². The molecule has 0 amide bonds. The van der Waals surface area contributed by atoms with Crippen LogP contribution < -0.4 is 0 Å². The molecule has 0 aromatic heterocycles. The number of Topliss-reactive ketones (excluding diaryl/α,β-unsaturated/α-hetero) is 1. The zero-order chi connectivity index (χ0) is 39.0. The van der Waals surface area contributed by atoms with Crippen molar-refractivity contribution in [1.82, 2.24) is 0 Å². The van der Waals surface area contributed by atoms with Gasteiger partial charge in [0.15, 0.2) is 0 Å². The van der Waals surface area contributed by atoms with Crippen LogP contribution in [0.2, 0.25) is 0 Å². The number of carbonyl (C=O) groups excluding carboxylic acids is 1. The highest BCUT2D eigenvalue weighted by Crippen LogP contribution is 2.64. The molecule has 0 spiro atoms. The van der Waals surface area contributed by atoms with Crippen LogP contribution in [0.4, 0.5) is 57.1 Å². The summed E-state index contributed by atoms with van der Waals surface area (Å²) in [6, 6.07) is 0. The van der Waals surface area contributed by atoms with Crippen LogP contribution in [0.15, 0.2) is 47.6 Å². The van der Waals surface area contributed by atoms with Crippen molar-refractivity contribution in [3.63, 3.8) is 0 Å². The summed E-state index contributed by atoms with van der Waals surface area (Å²) in [6.45, 7) is 7.64. The number of allylic oxidation sites excluding steroid dienone is 4. The van der Waals surface area contributed by atoms with Gasteiger partial charge in [-0.3, -0.25) is 4.79 Å². The first-order valence-electron chi connectivity index (χ1n) is 16.4. The van der Waals surface area contributed by atoms with E-state index in [4.69, 9.17) is 0 Å². The van der Waals surface area contributed by atoms with Gasteiger partial charge in [-0.15, -0.1) is 0 Å². The molecule has 4 aliphatic rings. The third-order valence-corrected chi connectivity index (χ3v) is 11.6. The van der Waals surface area contributed by atoms with E-state index in [0.29, 0.717) is 24.0 Å². The molecular formula is C34H39F13O4. The topological polar surface area (TPSA) is 77.8 Å². The van der Waals surface area contributed by atoms with Crippen LogP contribution in [0.5, 0.6) is 0 Å². The van der Waals surface area contributed by atoms with Crippen LogP contribution in [0.3, 0.4) is 0 Å². The van der Waals surface area contributed by atoms with E-state index < -0.39 is 84.1 Å². The Morgan fingerprint density at radius 3 is 1.96 bits per heavy atom. The Kier molecular flexibility index (Phi) is 10.7. The van der Waals surface area contributed by atoms with E-state index in [1.807, 2.05) is 19.1 Å². The number of carbonyl (C=O) groups is 1. The Balaban J connectivity index is 1.52. The van der Waals surface area contributed by atoms with Crippen LogP contribution in [-0.4, -0.2) is 75.2 Å². The maximum Gasteiger partial charge on any atom is 0.460 e. The van der Waals surface area contributed by atoms with Gasteiger partial charge in [0, 0.05) is 6.42 Å². The van der Waals surface area contributed by atoms with E-state index in [0.717, 1.165) is 37.3 Å². The van der Waals surface area contributed by atoms with Gasteiger partial charge in [0.25, 0.3) is 0 Å². The summed E-state index contributed by atoms with van der Waals surface area (Å²) >= 11 is 0. The van der Waals surface area contributed by atoms with Gasteiger partial charge in [-0.2, -0.15) is 57.1 Å². The first-order valence-corrected chi connectivity index (χ1v) is 16.4. The standard InChI is InChI=1S/C34H39F13O4/c1-17(22-9-10-23-19(5-4-12-27(22,23)3)7-8-20-15-21(48)16-24(49)18(20)2)6-11-25(50)28(13-14-28)26(51)29(35,36)30(37,38)31(39,40)32(41,42)33(43,44)34(45,46)47/h6-8,11,17,21-25,48-50H,2,4-5,9-10,12-16H2,1,3H3/t17-,21-,22-,23+,24+,25-,27-/m1/s1. The highest BCUT2D eigenvalue weighted by molar-refractivity contribution is 5.95. The molecule has 4 saturated carbocycles. The molecule has 0 aliphatic heterocycles. The van der Waals surface area contributed by atoms with Crippen LogP contribution in [-0.2, 0) is 4.79 Å². The molecule has 4 rings (SSSR count). The maximum atomic E-state index is 14.7. The molecule has 4 nitrogen and oxygen atoms in total. The number of aliphatic hydroxyl groups is 3. The smallest absolute Gasteiger partial charge is 0.393 e. The highest BCUT2D eigenvalue weighted by atomic mass is 19.4. The number of hydrogen-bond acceptors (Lipinski definition) is 4. The second kappa shape index (κ2) is 13.2. The van der Waals surface area contributed by atoms with Crippen LogP contribution >= 0.6 is 0 Å². The van der Waals surface area contributed by atoms with Gasteiger partial charge in [0.1, 0.15) is 0 Å². The fourth-order valence-electron chi connectivity index (χ4n) is 8.22. The quantitative estimate of drug-likeness (QED) is 0.146. The third kappa shape index (κ3) is 6.48. The monoisotopic (exact) mass is 758 g/mol. The lowest BCUT2D eigenvalue weighted by Crippen LogP contribution is -2.71. The van der Waals surface area contributed by atoms with Crippen molar-refractivity contribution in [1.29, 1.82) is 0 Å². The van der Waals surface area contributed by atoms with Crippen molar-refractivity contribution in [2.24, 2.45) is 28.6 Å². The minimum atomic E-state index is -8.12. The molecule has 0 unspecified atom stereocenters. The molecule has 0 saturated heterocycles. The summed E-state index contributed by atoms with van der Waals surface area (Å²) < 4.78 is 178. The fraction of sp³-hybridized carbons (Fsp3) is 0.735. The molecule has 51 heavy (non-hydrogen) atoms. The Hall–Kier alpha value is -2.40. The van der Waals surface area contributed by atoms with Crippen molar-refractivity contribution in [3.05, 3.63) is 47.6 Å². The normalized spacial score (nSPS) is 32.4. The van der Waals surface area contributed by atoms with Gasteiger partial charge in [-0.1, -0.05) is 50.3 Å². The largest absolute Gasteiger partial charge is 0.460 e. The van der Waals surface area contributed by atoms with Gasteiger partial charge in [0.2, 0.25) is 5.78 Å². The molecule has 0 aromatic carbocycles. The SMILES string of the molecule is C=C1C(=CC=C2CCC[C@]3(C)[C@@H]([C@H](C)C=C[C@@H](O)C4(C(=O)C(F)(F)C(F)(F)C(F)(F)C(F)(F)C(F)(F)C(F)(F)F)CC4)CC[C@@H]23)C[C@@H](O)C[C@@H]1O. The lowest BCUT2D eigenvalue weighted by molar-refractivity contribution is -0.436. The van der Waals surface area contributed by atoms with E-state index in [1.165, 1.54) is 6.08 Å². The molecule has 0 aromatic rings. The fourth-order valence-corrected chi connectivity index (χ4v) is 8.22. The first-order chi connectivity index (χ1) is 23.0. The summed E-state index contributed by atoms with van der Waals surface area (Å²) in [6.07, 6.45) is -3.10. The number of ketones is 1. The zero-order valence-corrected chi connectivity index (χ0v) is 27.5. The summed E-state index contributed by atoms with van der Waals surface area (Å²) in [5.74, 6) is -42.5. The molecule has 290 valence electrons. The second-order valence-corrected chi connectivity index (χ2v) is 14.7. The molecule has 0 heterocycles. The first kappa shape index (κ1) is 41.4. The van der Waals surface area contributed by atoms with Gasteiger partial charge in [-0.05, 0) is 85.7 Å². The number of aliphatic hydroxyl groups excluding tert-OH is 3. The van der Waals surface area contributed by atoms with Crippen molar-refractivity contribution < 1.29 is 77.2 Å². The van der Waals surface area contributed by atoms with E-state index in [2.05, 4.69) is 6.58 Å². The molecule has 4 fully saturated rings. The number of hydrogen-bond donors (Lipinski definition) is 3. The average molecular weight is 759 g/mol. The average Bonchev–Trinajstić information content (AvgIpc) is 3.75. The van der Waals surface area contributed by atoms with Crippen molar-refractivity contribution >= 4 is 5.78 Å². The number of rotatable bonds is 11. The second-order valence-electron chi connectivity index (χ2n) is 14.7. The predicted molar refractivity (Wildman–Crippen MR) is 157 cm³/mol. The molecule has 4 aliphatic carbocycles. The summed E-state index contributed by atoms with van der Waals surface area (Å²) in [5, 5.41) is 30.9. The number of alkyl halides is 13. The summed E-state index contributed by atoms with van der Waals surface area (Å²) in [5.41, 5.74) is -0.929. The van der Waals surface area contributed by atoms with E-state index in [1.54, 1.807) is 6.92 Å². The Morgan fingerprint density at radius 1 is 0.843 bits per heavy atom. The maximum absolute atomic E-state index is 14.7. The minimum absolute atomic E-state index is 0.0716. The van der Waals surface area contributed by atoms with Crippen LogP contribution in [0.1, 0.15) is 71.6 Å². The van der Waals surface area contributed by atoms with Gasteiger partial charge in [-0.25, -0.2) is 0 Å². The van der Waals surface area contributed by atoms with Crippen LogP contribution in [0, 0.1) is 28.6 Å². The Morgan fingerprint density at radius 2 is 1.41 bits per heavy atom. The molecule has 0 radical (unpaired) electrons. The van der Waals surface area contributed by atoms with E-state index in [-0.39, 0.29) is 23.7 Å². The van der Waals surface area contributed by atoms with Gasteiger partial charge in [0.05, 0.1) is 23.7 Å². The number of halogens is 13. The van der Waals surface area contributed by atoms with E-state index in [9.17, 15) is 77.2 Å². The molecule has 17 heteroatoms. The minimum Gasteiger partial charge on any atom is -0.393 e. The zero-order valence-electron chi connectivity index (χ0n) is 27.5. The molecule has 7 atom stereocenters. The summed E-state index contributed by atoms with van der Waals surface area (Å²) in [7, 11) is 0. The third-order valence-electron chi connectivity index (χ3n) is 11.6. The Bertz CT molecular complexity index is 1460. The molecule has 0 bridgehead atoms. The lowest BCUT2D eigenvalue weighted by atomic mass is 9.61. The number of fused-ring (bicyclic) bond motifs is 1.